The number of halogens is 1. The summed E-state index contributed by atoms with van der Waals surface area (Å²) in [6.45, 7) is 2.04. The van der Waals surface area contributed by atoms with Gasteiger partial charge in [0.05, 0.1) is 0 Å². The molecule has 1 aromatic carbocycles. The van der Waals surface area contributed by atoms with Gasteiger partial charge in [-0.25, -0.2) is 4.39 Å². The van der Waals surface area contributed by atoms with Gasteiger partial charge in [-0.05, 0) is 43.5 Å². The van der Waals surface area contributed by atoms with Gasteiger partial charge in [-0.1, -0.05) is 0 Å². The van der Waals surface area contributed by atoms with Crippen LogP contribution in [0.1, 0.15) is 29.6 Å². The van der Waals surface area contributed by atoms with Gasteiger partial charge in [-0.15, -0.1) is 0 Å². The van der Waals surface area contributed by atoms with Gasteiger partial charge in [0.2, 0.25) is 0 Å². The lowest BCUT2D eigenvalue weighted by molar-refractivity contribution is 0.104. The summed E-state index contributed by atoms with van der Waals surface area (Å²) in [5.41, 5.74) is 0.527. The van der Waals surface area contributed by atoms with Crippen LogP contribution in [-0.4, -0.2) is 23.8 Å². The molecule has 0 atom stereocenters. The lowest BCUT2D eigenvalue weighted by Crippen LogP contribution is -2.24. The van der Waals surface area contributed by atoms with Crippen molar-refractivity contribution >= 4 is 5.78 Å². The van der Waals surface area contributed by atoms with Crippen LogP contribution in [0.25, 0.3) is 0 Å². The Morgan fingerprint density at radius 1 is 1.12 bits per heavy atom. The quantitative estimate of drug-likeness (QED) is 0.591. The molecule has 2 rings (SSSR count). The van der Waals surface area contributed by atoms with Gasteiger partial charge in [0.1, 0.15) is 5.82 Å². The number of rotatable bonds is 3. The van der Waals surface area contributed by atoms with Crippen LogP contribution in [0.15, 0.2) is 36.5 Å². The molecular formula is C14H16FNO. The smallest absolute Gasteiger partial charge is 0.187 e. The average Bonchev–Trinajstić information content (AvgIpc) is 2.38. The van der Waals surface area contributed by atoms with E-state index >= 15 is 0 Å². The fraction of sp³-hybridized carbons (Fsp3) is 0.357. The SMILES string of the molecule is O=C(/C=C\N1CCCCC1)c1ccc(F)cc1. The number of likely N-dealkylation sites (tertiary alicyclic amines) is 1. The molecule has 1 aliphatic rings. The monoisotopic (exact) mass is 233 g/mol. The summed E-state index contributed by atoms with van der Waals surface area (Å²) in [5, 5.41) is 0. The highest BCUT2D eigenvalue weighted by Crippen LogP contribution is 2.10. The third kappa shape index (κ3) is 3.41. The van der Waals surface area contributed by atoms with Gasteiger partial charge in [0.15, 0.2) is 5.78 Å². The predicted octanol–water partition coefficient (Wildman–Crippen LogP) is 3.01. The summed E-state index contributed by atoms with van der Waals surface area (Å²) in [4.78, 5) is 13.9. The van der Waals surface area contributed by atoms with E-state index in [2.05, 4.69) is 4.90 Å². The Morgan fingerprint density at radius 3 is 2.41 bits per heavy atom. The maximum Gasteiger partial charge on any atom is 0.187 e. The van der Waals surface area contributed by atoms with E-state index in [0.717, 1.165) is 13.1 Å². The van der Waals surface area contributed by atoms with E-state index in [0.29, 0.717) is 5.56 Å². The van der Waals surface area contributed by atoms with E-state index in [1.54, 1.807) is 6.08 Å². The first-order valence-corrected chi connectivity index (χ1v) is 5.98. The van der Waals surface area contributed by atoms with Crippen molar-refractivity contribution in [1.82, 2.24) is 4.90 Å². The molecule has 0 aromatic heterocycles. The molecule has 1 saturated heterocycles. The van der Waals surface area contributed by atoms with Crippen LogP contribution in [-0.2, 0) is 0 Å². The number of ketones is 1. The summed E-state index contributed by atoms with van der Waals surface area (Å²) < 4.78 is 12.7. The Hall–Kier alpha value is -1.64. The number of benzene rings is 1. The number of allylic oxidation sites excluding steroid dienone is 1. The van der Waals surface area contributed by atoms with E-state index < -0.39 is 0 Å². The minimum atomic E-state index is -0.318. The Morgan fingerprint density at radius 2 is 1.76 bits per heavy atom. The lowest BCUT2D eigenvalue weighted by Gasteiger charge is -2.24. The van der Waals surface area contributed by atoms with E-state index in [-0.39, 0.29) is 11.6 Å². The normalized spacial score (nSPS) is 16.4. The molecule has 17 heavy (non-hydrogen) atoms. The topological polar surface area (TPSA) is 20.3 Å². The molecule has 0 unspecified atom stereocenters. The fourth-order valence-electron chi connectivity index (χ4n) is 1.95. The second-order valence-electron chi connectivity index (χ2n) is 4.28. The van der Waals surface area contributed by atoms with Crippen LogP contribution in [0.5, 0.6) is 0 Å². The van der Waals surface area contributed by atoms with Crippen molar-refractivity contribution in [1.29, 1.82) is 0 Å². The third-order valence-corrected chi connectivity index (χ3v) is 2.96. The molecule has 0 N–H and O–H groups in total. The molecule has 0 aliphatic carbocycles. The van der Waals surface area contributed by atoms with E-state index in [1.165, 1.54) is 43.5 Å². The summed E-state index contributed by atoms with van der Waals surface area (Å²) in [5.74, 6) is -0.392. The van der Waals surface area contributed by atoms with Crippen LogP contribution >= 0.6 is 0 Å². The standard InChI is InChI=1S/C14H16FNO/c15-13-6-4-12(5-7-13)14(17)8-11-16-9-2-1-3-10-16/h4-8,11H,1-3,9-10H2/b11-8-. The maximum absolute atomic E-state index is 12.7. The Balaban J connectivity index is 1.96. The van der Waals surface area contributed by atoms with E-state index in [1.807, 2.05) is 6.20 Å². The number of piperidine rings is 1. The Labute approximate surface area is 101 Å². The van der Waals surface area contributed by atoms with E-state index in [4.69, 9.17) is 0 Å². The molecule has 90 valence electrons. The summed E-state index contributed by atoms with van der Waals surface area (Å²) in [6, 6.07) is 5.64. The minimum absolute atomic E-state index is 0.0735. The number of nitrogens with zero attached hydrogens (tertiary/aromatic N) is 1. The van der Waals surface area contributed by atoms with Gasteiger partial charge in [0.25, 0.3) is 0 Å². The molecule has 1 aromatic rings. The van der Waals surface area contributed by atoms with Crippen molar-refractivity contribution in [3.63, 3.8) is 0 Å². The second-order valence-corrected chi connectivity index (χ2v) is 4.28. The molecule has 1 fully saturated rings. The lowest BCUT2D eigenvalue weighted by atomic mass is 10.1. The van der Waals surface area contributed by atoms with Crippen molar-refractivity contribution in [3.8, 4) is 0 Å². The molecule has 3 heteroatoms. The fourth-order valence-corrected chi connectivity index (χ4v) is 1.95. The Bertz CT molecular complexity index is 405. The molecule has 2 nitrogen and oxygen atoms in total. The molecule has 0 saturated carbocycles. The largest absolute Gasteiger partial charge is 0.377 e. The zero-order valence-corrected chi connectivity index (χ0v) is 9.73. The average molecular weight is 233 g/mol. The van der Waals surface area contributed by atoms with Crippen LogP contribution in [0.4, 0.5) is 4.39 Å². The van der Waals surface area contributed by atoms with E-state index in [9.17, 15) is 9.18 Å². The third-order valence-electron chi connectivity index (χ3n) is 2.96. The van der Waals surface area contributed by atoms with Gasteiger partial charge >= 0.3 is 0 Å². The van der Waals surface area contributed by atoms with Crippen LogP contribution in [0, 0.1) is 5.82 Å². The van der Waals surface area contributed by atoms with Crippen LogP contribution in [0.2, 0.25) is 0 Å². The highest BCUT2D eigenvalue weighted by Gasteiger charge is 2.06. The van der Waals surface area contributed by atoms with Crippen LogP contribution < -0.4 is 0 Å². The summed E-state index contributed by atoms with van der Waals surface area (Å²) in [6.07, 6.45) is 7.07. The van der Waals surface area contributed by atoms with Gasteiger partial charge in [-0.2, -0.15) is 0 Å². The number of hydrogen-bond acceptors (Lipinski definition) is 2. The zero-order valence-electron chi connectivity index (χ0n) is 9.73. The summed E-state index contributed by atoms with van der Waals surface area (Å²) >= 11 is 0. The molecule has 1 aliphatic heterocycles. The number of hydrogen-bond donors (Lipinski definition) is 0. The summed E-state index contributed by atoms with van der Waals surface area (Å²) in [7, 11) is 0. The Kier molecular flexibility index (Phi) is 3.91. The van der Waals surface area contributed by atoms with Gasteiger partial charge in [0, 0.05) is 30.9 Å². The van der Waals surface area contributed by atoms with Crippen molar-refractivity contribution in [3.05, 3.63) is 47.9 Å². The highest BCUT2D eigenvalue weighted by atomic mass is 19.1. The molecule has 0 amide bonds. The van der Waals surface area contributed by atoms with Crippen molar-refractivity contribution < 1.29 is 9.18 Å². The number of carbonyl (C=O) groups is 1. The minimum Gasteiger partial charge on any atom is -0.377 e. The van der Waals surface area contributed by atoms with Crippen molar-refractivity contribution in [2.24, 2.45) is 0 Å². The molecule has 0 spiro atoms. The second kappa shape index (κ2) is 5.62. The first-order valence-electron chi connectivity index (χ1n) is 5.98. The van der Waals surface area contributed by atoms with Crippen molar-refractivity contribution in [2.75, 3.05) is 13.1 Å². The van der Waals surface area contributed by atoms with Gasteiger partial charge < -0.3 is 4.90 Å². The van der Waals surface area contributed by atoms with Crippen molar-refractivity contribution in [2.45, 2.75) is 19.3 Å². The molecular weight excluding hydrogens is 217 g/mol. The predicted molar refractivity (Wildman–Crippen MR) is 65.3 cm³/mol. The molecule has 0 bridgehead atoms. The first-order chi connectivity index (χ1) is 8.25. The van der Waals surface area contributed by atoms with Gasteiger partial charge in [-0.3, -0.25) is 4.79 Å². The molecule has 0 radical (unpaired) electrons. The first kappa shape index (κ1) is 11.8. The van der Waals surface area contributed by atoms with Crippen LogP contribution in [0.3, 0.4) is 0 Å². The maximum atomic E-state index is 12.7. The molecule has 1 heterocycles. The zero-order chi connectivity index (χ0) is 12.1. The number of carbonyl (C=O) groups excluding carboxylic acids is 1. The highest BCUT2D eigenvalue weighted by molar-refractivity contribution is 6.04.